The Hall–Kier alpha value is -3.57. The number of fused-ring (bicyclic) bond motifs is 1. The van der Waals surface area contributed by atoms with Crippen molar-refractivity contribution >= 4 is 47.8 Å². The van der Waals surface area contributed by atoms with E-state index in [2.05, 4.69) is 10.2 Å². The van der Waals surface area contributed by atoms with E-state index >= 15 is 0 Å². The van der Waals surface area contributed by atoms with Gasteiger partial charge in [-0.2, -0.15) is 11.8 Å². The average molecular weight is 846 g/mol. The van der Waals surface area contributed by atoms with E-state index in [1.54, 1.807) is 28.8 Å². The van der Waals surface area contributed by atoms with Crippen LogP contribution in [-0.2, 0) is 51.1 Å². The Kier molecular flexibility index (Phi) is 19.3. The maximum atomic E-state index is 14.1. The van der Waals surface area contributed by atoms with Crippen molar-refractivity contribution in [2.75, 3.05) is 97.1 Å². The number of amides is 2. The van der Waals surface area contributed by atoms with E-state index in [1.165, 1.54) is 0 Å². The van der Waals surface area contributed by atoms with Gasteiger partial charge in [-0.25, -0.2) is 0 Å². The zero-order valence-electron chi connectivity index (χ0n) is 37.1. The second-order valence-corrected chi connectivity index (χ2v) is 19.3. The summed E-state index contributed by atoms with van der Waals surface area (Å²) < 4.78 is 17.0. The fraction of sp³-hybridized carbons (Fsp3) is 0.721. The molecule has 59 heavy (non-hydrogen) atoms. The van der Waals surface area contributed by atoms with E-state index in [-0.39, 0.29) is 55.9 Å². The summed E-state index contributed by atoms with van der Waals surface area (Å²) >= 11 is 1.59. The first-order valence-corrected chi connectivity index (χ1v) is 22.0. The van der Waals surface area contributed by atoms with E-state index in [4.69, 9.17) is 14.2 Å². The van der Waals surface area contributed by atoms with Crippen molar-refractivity contribution < 1.29 is 43.0 Å². The van der Waals surface area contributed by atoms with Crippen molar-refractivity contribution in [3.63, 3.8) is 0 Å². The van der Waals surface area contributed by atoms with Crippen LogP contribution in [0, 0.1) is 0 Å². The Morgan fingerprint density at radius 2 is 1.10 bits per heavy atom. The number of thioether (sulfide) groups is 1. The van der Waals surface area contributed by atoms with Crippen LogP contribution in [0.5, 0.6) is 0 Å². The highest BCUT2D eigenvalue weighted by Crippen LogP contribution is 2.23. The molecule has 0 saturated carbocycles. The smallest absolute Gasteiger partial charge is 0.320 e. The standard InChI is InChI=1S/C43H69N6O9S/c1-41(2,3)56-37(52)28-46-19-17-45(18-20-47(29-38(53)57-42(4,5)6)22-24-48(23-21-46)30-39(54)58-43(7,8)9)27-36(51)49-16-14-34-32(26-49)12-11-13-35(34)40(55)44-33(31-50)15-25-59-10/h11-13,33H,14-30H2,1-10H3,(H,44,55)/t33-/m0/s1. The summed E-state index contributed by atoms with van der Waals surface area (Å²) in [5, 5.41) is 2.80. The van der Waals surface area contributed by atoms with Crippen LogP contribution in [0.3, 0.4) is 0 Å². The molecule has 0 aliphatic carbocycles. The minimum atomic E-state index is -0.691. The summed E-state index contributed by atoms with van der Waals surface area (Å²) in [7, 11) is 0. The number of hydrogen-bond acceptors (Lipinski definition) is 14. The molecule has 0 aromatic heterocycles. The first kappa shape index (κ1) is 49.8. The number of esters is 3. The molecule has 2 amide bonds. The van der Waals surface area contributed by atoms with Gasteiger partial charge in [-0.15, -0.1) is 0 Å². The zero-order chi connectivity index (χ0) is 44.0. The number of nitrogens with zero attached hydrogens (tertiary/aromatic N) is 5. The highest BCUT2D eigenvalue weighted by Gasteiger charge is 2.29. The first-order chi connectivity index (χ1) is 27.5. The molecule has 0 bridgehead atoms. The molecule has 1 N–H and O–H groups in total. The number of benzene rings is 1. The van der Waals surface area contributed by atoms with Crippen LogP contribution in [-0.4, -0.2) is 180 Å². The SMILES string of the molecule is CSCC[C@@H]([C]=O)NC(=O)c1cccc2c1CCN(C(=O)CN1CCN(CC(=O)OC(C)(C)C)CCN(CC(=O)OC(C)(C)C)CCN(CC(=O)OC(C)(C)C)CC1)C2. The maximum absolute atomic E-state index is 14.1. The zero-order valence-corrected chi connectivity index (χ0v) is 38.0. The van der Waals surface area contributed by atoms with Crippen molar-refractivity contribution in [1.82, 2.24) is 29.8 Å². The molecule has 1 saturated heterocycles. The van der Waals surface area contributed by atoms with Crippen LogP contribution >= 0.6 is 11.8 Å². The number of rotatable bonds is 14. The van der Waals surface area contributed by atoms with Gasteiger partial charge in [0.25, 0.3) is 5.91 Å². The van der Waals surface area contributed by atoms with Gasteiger partial charge in [0.15, 0.2) is 0 Å². The first-order valence-electron chi connectivity index (χ1n) is 20.6. The number of carbonyl (C=O) groups excluding carboxylic acids is 6. The van der Waals surface area contributed by atoms with Crippen LogP contribution in [0.4, 0.5) is 0 Å². The van der Waals surface area contributed by atoms with Gasteiger partial charge < -0.3 is 24.4 Å². The molecule has 1 aromatic rings. The van der Waals surface area contributed by atoms with Gasteiger partial charge >= 0.3 is 17.9 Å². The van der Waals surface area contributed by atoms with E-state index in [1.807, 2.05) is 95.6 Å². The predicted molar refractivity (Wildman–Crippen MR) is 229 cm³/mol. The third-order valence-corrected chi connectivity index (χ3v) is 10.2. The number of carbonyl (C=O) groups is 5. The molecule has 16 heteroatoms. The second-order valence-electron chi connectivity index (χ2n) is 18.3. The number of ether oxygens (including phenoxy) is 3. The molecule has 0 unspecified atom stereocenters. The molecule has 1 radical (unpaired) electrons. The highest BCUT2D eigenvalue weighted by molar-refractivity contribution is 7.98. The molecule has 15 nitrogen and oxygen atoms in total. The minimum Gasteiger partial charge on any atom is -0.459 e. The molecular weight excluding hydrogens is 777 g/mol. The number of nitrogens with one attached hydrogen (secondary N) is 1. The molecule has 1 atom stereocenters. The van der Waals surface area contributed by atoms with Crippen molar-refractivity contribution in [1.29, 1.82) is 0 Å². The number of hydrogen-bond donors (Lipinski definition) is 1. The fourth-order valence-corrected chi connectivity index (χ4v) is 7.31. The maximum Gasteiger partial charge on any atom is 0.320 e. The van der Waals surface area contributed by atoms with Crippen LogP contribution in [0.2, 0.25) is 0 Å². The van der Waals surface area contributed by atoms with Gasteiger partial charge in [-0.3, -0.25) is 48.4 Å². The quantitative estimate of drug-likeness (QED) is 0.215. The van der Waals surface area contributed by atoms with Gasteiger partial charge in [0.2, 0.25) is 12.2 Å². The summed E-state index contributed by atoms with van der Waals surface area (Å²) in [5.74, 6) is -0.776. The van der Waals surface area contributed by atoms with Crippen LogP contribution < -0.4 is 5.32 Å². The van der Waals surface area contributed by atoms with Crippen LogP contribution in [0.15, 0.2) is 18.2 Å². The van der Waals surface area contributed by atoms with Crippen molar-refractivity contribution in [3.05, 3.63) is 34.9 Å². The van der Waals surface area contributed by atoms with Crippen molar-refractivity contribution in [2.24, 2.45) is 0 Å². The Labute approximate surface area is 356 Å². The largest absolute Gasteiger partial charge is 0.459 e. The van der Waals surface area contributed by atoms with Crippen molar-refractivity contribution in [2.45, 2.75) is 105 Å². The lowest BCUT2D eigenvalue weighted by Gasteiger charge is -2.35. The van der Waals surface area contributed by atoms with E-state index in [0.717, 1.165) is 16.9 Å². The highest BCUT2D eigenvalue weighted by atomic mass is 32.2. The molecule has 3 rings (SSSR count). The fourth-order valence-electron chi connectivity index (χ4n) is 6.84. The molecule has 1 fully saturated rings. The third-order valence-electron chi connectivity index (χ3n) is 9.53. The summed E-state index contributed by atoms with van der Waals surface area (Å²) in [6, 6.07) is 4.78. The topological polar surface area (TPSA) is 158 Å². The van der Waals surface area contributed by atoms with Gasteiger partial charge in [-0.05, 0) is 104 Å². The van der Waals surface area contributed by atoms with Gasteiger partial charge in [0.1, 0.15) is 16.8 Å². The Bertz CT molecular complexity index is 1540. The lowest BCUT2D eigenvalue weighted by molar-refractivity contribution is -0.158. The predicted octanol–water partition coefficient (Wildman–Crippen LogP) is 2.78. The monoisotopic (exact) mass is 845 g/mol. The summed E-state index contributed by atoms with van der Waals surface area (Å²) in [6.45, 7) is 20.9. The Balaban J connectivity index is 1.83. The Morgan fingerprint density at radius 3 is 1.49 bits per heavy atom. The summed E-state index contributed by atoms with van der Waals surface area (Å²) in [6.07, 6.45) is 4.85. The normalized spacial score (nSPS) is 17.8. The second kappa shape index (κ2) is 22.9. The minimum absolute atomic E-state index is 0.0338. The van der Waals surface area contributed by atoms with Gasteiger partial charge in [0.05, 0.1) is 32.2 Å². The lowest BCUT2D eigenvalue weighted by Crippen LogP contribution is -2.51. The molecule has 331 valence electrons. The summed E-state index contributed by atoms with van der Waals surface area (Å²) in [5.41, 5.74) is 0.271. The van der Waals surface area contributed by atoms with Crippen molar-refractivity contribution in [3.8, 4) is 0 Å². The van der Waals surface area contributed by atoms with E-state index in [9.17, 15) is 28.8 Å². The average Bonchev–Trinajstić information content (AvgIpc) is 3.11. The Morgan fingerprint density at radius 1 is 0.678 bits per heavy atom. The van der Waals surface area contributed by atoms with Gasteiger partial charge in [-0.1, -0.05) is 12.1 Å². The van der Waals surface area contributed by atoms with Crippen LogP contribution in [0.1, 0.15) is 90.2 Å². The molecule has 2 aliphatic heterocycles. The van der Waals surface area contributed by atoms with Gasteiger partial charge in [0, 0.05) is 71.0 Å². The van der Waals surface area contributed by atoms with Crippen LogP contribution in [0.25, 0.3) is 0 Å². The molecule has 2 heterocycles. The molecule has 2 aliphatic rings. The lowest BCUT2D eigenvalue weighted by atomic mass is 9.93. The molecular formula is C43H69N6O9S. The summed E-state index contributed by atoms with van der Waals surface area (Å²) in [4.78, 5) is 87.8. The molecule has 0 spiro atoms. The third kappa shape index (κ3) is 19.1. The van der Waals surface area contributed by atoms with E-state index in [0.29, 0.717) is 83.9 Å². The van der Waals surface area contributed by atoms with E-state index < -0.39 is 22.8 Å². The molecule has 1 aromatic carbocycles.